The first-order chi connectivity index (χ1) is 9.47. The molecule has 3 N–H and O–H groups in total. The number of nitrogens with one attached hydrogen (secondary N) is 1. The van der Waals surface area contributed by atoms with Crippen LogP contribution in [0.3, 0.4) is 0 Å². The molecule has 0 spiro atoms. The van der Waals surface area contributed by atoms with E-state index in [1.807, 2.05) is 0 Å². The van der Waals surface area contributed by atoms with Crippen LogP contribution in [0.5, 0.6) is 0 Å². The smallest absolute Gasteiger partial charge is 0.0722 e. The molecule has 114 valence electrons. The van der Waals surface area contributed by atoms with E-state index < -0.39 is 0 Å². The highest BCUT2D eigenvalue weighted by Crippen LogP contribution is 2.33. The van der Waals surface area contributed by atoms with Crippen molar-refractivity contribution in [3.05, 3.63) is 22.2 Å². The molecular weight excluding hydrogens is 293 g/mol. The number of hydrogen-bond acceptors (Lipinski definition) is 3. The molecule has 1 unspecified atom stereocenters. The van der Waals surface area contributed by atoms with Crippen LogP contribution in [0, 0.1) is 0 Å². The molecule has 0 amide bonds. The number of benzene rings is 1. The van der Waals surface area contributed by atoms with Gasteiger partial charge in [0.25, 0.3) is 0 Å². The van der Waals surface area contributed by atoms with Gasteiger partial charge in [0.05, 0.1) is 15.7 Å². The van der Waals surface area contributed by atoms with Crippen LogP contribution in [0.25, 0.3) is 0 Å². The fourth-order valence-corrected chi connectivity index (χ4v) is 2.82. The van der Waals surface area contributed by atoms with E-state index in [0.29, 0.717) is 21.8 Å². The normalized spacial score (nSPS) is 12.7. The molecule has 0 aliphatic heterocycles. The van der Waals surface area contributed by atoms with Crippen LogP contribution in [0.15, 0.2) is 12.1 Å². The Labute approximate surface area is 132 Å². The Balaban J connectivity index is 2.48. The van der Waals surface area contributed by atoms with Gasteiger partial charge in [-0.1, -0.05) is 37.0 Å². The van der Waals surface area contributed by atoms with E-state index in [-0.39, 0.29) is 0 Å². The summed E-state index contributed by atoms with van der Waals surface area (Å²) in [6, 6.07) is 3.76. The Hall–Kier alpha value is -0.640. The molecule has 0 saturated heterocycles. The second-order valence-corrected chi connectivity index (χ2v) is 5.89. The third-order valence-electron chi connectivity index (χ3n) is 3.46. The lowest BCUT2D eigenvalue weighted by Crippen LogP contribution is -2.25. The van der Waals surface area contributed by atoms with Gasteiger partial charge in [0.2, 0.25) is 0 Å². The zero-order valence-electron chi connectivity index (χ0n) is 12.5. The summed E-state index contributed by atoms with van der Waals surface area (Å²) in [7, 11) is 0. The summed E-state index contributed by atoms with van der Waals surface area (Å²) in [4.78, 5) is 2.43. The number of anilines is 2. The summed E-state index contributed by atoms with van der Waals surface area (Å²) in [6.07, 6.45) is 2.23. The van der Waals surface area contributed by atoms with E-state index in [1.54, 1.807) is 12.1 Å². The predicted molar refractivity (Wildman–Crippen MR) is 91.0 cm³/mol. The molecule has 1 atom stereocenters. The molecule has 0 aliphatic carbocycles. The zero-order valence-corrected chi connectivity index (χ0v) is 14.1. The number of rotatable bonds is 8. The van der Waals surface area contributed by atoms with Gasteiger partial charge in [0.15, 0.2) is 0 Å². The first kappa shape index (κ1) is 17.4. The lowest BCUT2D eigenvalue weighted by molar-refractivity contribution is 0.295. The minimum atomic E-state index is 0.323. The van der Waals surface area contributed by atoms with Gasteiger partial charge >= 0.3 is 0 Å². The first-order valence-corrected chi connectivity index (χ1v) is 7.96. The molecule has 1 rings (SSSR count). The van der Waals surface area contributed by atoms with Crippen LogP contribution in [-0.2, 0) is 0 Å². The molecule has 0 aliphatic rings. The van der Waals surface area contributed by atoms with E-state index in [2.05, 4.69) is 31.0 Å². The molecule has 0 bridgehead atoms. The van der Waals surface area contributed by atoms with Crippen molar-refractivity contribution in [1.82, 2.24) is 4.90 Å². The summed E-state index contributed by atoms with van der Waals surface area (Å²) < 4.78 is 0. The van der Waals surface area contributed by atoms with Crippen molar-refractivity contribution in [2.45, 2.75) is 39.7 Å². The van der Waals surface area contributed by atoms with E-state index >= 15 is 0 Å². The fourth-order valence-electron chi connectivity index (χ4n) is 2.21. The van der Waals surface area contributed by atoms with Crippen LogP contribution in [-0.4, -0.2) is 30.6 Å². The molecule has 3 nitrogen and oxygen atoms in total. The minimum absolute atomic E-state index is 0.323. The molecule has 0 radical (unpaired) electrons. The summed E-state index contributed by atoms with van der Waals surface area (Å²) in [6.45, 7) is 9.87. The van der Waals surface area contributed by atoms with E-state index in [0.717, 1.165) is 38.2 Å². The lowest BCUT2D eigenvalue weighted by atomic mass is 10.1. The van der Waals surface area contributed by atoms with E-state index in [9.17, 15) is 0 Å². The third kappa shape index (κ3) is 5.39. The summed E-state index contributed by atoms with van der Waals surface area (Å²) in [5.74, 6) is 0. The van der Waals surface area contributed by atoms with Gasteiger partial charge in [-0.05, 0) is 51.5 Å². The van der Waals surface area contributed by atoms with Gasteiger partial charge in [0, 0.05) is 11.7 Å². The molecule has 1 aromatic carbocycles. The monoisotopic (exact) mass is 317 g/mol. The number of halogens is 2. The van der Waals surface area contributed by atoms with Crippen molar-refractivity contribution in [2.75, 3.05) is 30.7 Å². The Morgan fingerprint density at radius 3 is 2.25 bits per heavy atom. The molecule has 0 heterocycles. The van der Waals surface area contributed by atoms with Crippen molar-refractivity contribution in [3.8, 4) is 0 Å². The van der Waals surface area contributed by atoms with Gasteiger partial charge in [-0.3, -0.25) is 0 Å². The van der Waals surface area contributed by atoms with Crippen LogP contribution < -0.4 is 11.1 Å². The standard InChI is InChI=1S/C15H25Cl2N3/c1-4-20(5-2)8-6-7-11(3)19-15-13(16)9-12(18)10-14(15)17/h9-11,19H,4-8,18H2,1-3H3. The topological polar surface area (TPSA) is 41.3 Å². The van der Waals surface area contributed by atoms with Crippen molar-refractivity contribution in [1.29, 1.82) is 0 Å². The second-order valence-electron chi connectivity index (χ2n) is 5.07. The maximum Gasteiger partial charge on any atom is 0.0722 e. The van der Waals surface area contributed by atoms with E-state index in [4.69, 9.17) is 28.9 Å². The number of nitrogens with zero attached hydrogens (tertiary/aromatic N) is 1. The van der Waals surface area contributed by atoms with Crippen molar-refractivity contribution in [2.24, 2.45) is 0 Å². The summed E-state index contributed by atoms with van der Waals surface area (Å²) in [5.41, 5.74) is 7.06. The molecular formula is C15H25Cl2N3. The van der Waals surface area contributed by atoms with Crippen LogP contribution in [0.2, 0.25) is 10.0 Å². The van der Waals surface area contributed by atoms with Crippen LogP contribution >= 0.6 is 23.2 Å². The van der Waals surface area contributed by atoms with Gasteiger partial charge in [-0.15, -0.1) is 0 Å². The first-order valence-electron chi connectivity index (χ1n) is 7.21. The third-order valence-corrected chi connectivity index (χ3v) is 4.06. The zero-order chi connectivity index (χ0) is 15.1. The Kier molecular flexibility index (Phi) is 7.49. The van der Waals surface area contributed by atoms with Crippen LogP contribution in [0.1, 0.15) is 33.6 Å². The van der Waals surface area contributed by atoms with E-state index in [1.165, 1.54) is 0 Å². The SMILES string of the molecule is CCN(CC)CCCC(C)Nc1c(Cl)cc(N)cc1Cl. The average Bonchev–Trinajstić information content (AvgIpc) is 2.39. The maximum absolute atomic E-state index is 6.17. The number of hydrogen-bond donors (Lipinski definition) is 2. The van der Waals surface area contributed by atoms with Gasteiger partial charge < -0.3 is 16.0 Å². The fraction of sp³-hybridized carbons (Fsp3) is 0.600. The lowest BCUT2D eigenvalue weighted by Gasteiger charge is -2.21. The number of nitrogens with two attached hydrogens (primary N) is 1. The highest BCUT2D eigenvalue weighted by atomic mass is 35.5. The Morgan fingerprint density at radius 2 is 1.75 bits per heavy atom. The van der Waals surface area contributed by atoms with Gasteiger partial charge in [0.1, 0.15) is 0 Å². The largest absolute Gasteiger partial charge is 0.399 e. The quantitative estimate of drug-likeness (QED) is 0.694. The van der Waals surface area contributed by atoms with Crippen LogP contribution in [0.4, 0.5) is 11.4 Å². The molecule has 1 aromatic rings. The summed E-state index contributed by atoms with van der Waals surface area (Å²) in [5, 5.41) is 4.53. The molecule has 20 heavy (non-hydrogen) atoms. The summed E-state index contributed by atoms with van der Waals surface area (Å²) >= 11 is 12.3. The maximum atomic E-state index is 6.17. The average molecular weight is 318 g/mol. The molecule has 0 aromatic heterocycles. The molecule has 0 saturated carbocycles. The minimum Gasteiger partial charge on any atom is -0.399 e. The highest BCUT2D eigenvalue weighted by Gasteiger charge is 2.10. The second kappa shape index (κ2) is 8.60. The van der Waals surface area contributed by atoms with Crippen molar-refractivity contribution >= 4 is 34.6 Å². The number of nitrogen functional groups attached to an aromatic ring is 1. The molecule has 5 heteroatoms. The Morgan fingerprint density at radius 1 is 1.20 bits per heavy atom. The highest BCUT2D eigenvalue weighted by molar-refractivity contribution is 6.39. The predicted octanol–water partition coefficient (Wildman–Crippen LogP) is 4.50. The van der Waals surface area contributed by atoms with Crippen molar-refractivity contribution in [3.63, 3.8) is 0 Å². The molecule has 0 fully saturated rings. The van der Waals surface area contributed by atoms with Gasteiger partial charge in [-0.25, -0.2) is 0 Å². The Bertz CT molecular complexity index is 397. The van der Waals surface area contributed by atoms with Gasteiger partial charge in [-0.2, -0.15) is 0 Å². The van der Waals surface area contributed by atoms with Crippen molar-refractivity contribution < 1.29 is 0 Å².